The first-order valence-electron chi connectivity index (χ1n) is 11.6. The molecule has 0 aromatic heterocycles. The Kier molecular flexibility index (Phi) is 7.46. The molecule has 4 rings (SSSR count). The van der Waals surface area contributed by atoms with Crippen molar-refractivity contribution in [3.05, 3.63) is 70.2 Å². The molecular weight excluding hydrogens is 438 g/mol. The lowest BCUT2D eigenvalue weighted by Gasteiger charge is -2.32. The van der Waals surface area contributed by atoms with Gasteiger partial charge in [-0.1, -0.05) is 59.6 Å². The molecule has 0 bridgehead atoms. The zero-order valence-corrected chi connectivity index (χ0v) is 19.9. The molecule has 1 fully saturated rings. The topological polar surface area (TPSA) is 62.2 Å². The van der Waals surface area contributed by atoms with Crippen LogP contribution in [0.5, 0.6) is 0 Å². The van der Waals surface area contributed by atoms with Crippen molar-refractivity contribution in [2.75, 3.05) is 26.2 Å². The van der Waals surface area contributed by atoms with Crippen LogP contribution in [0, 0.1) is 12.8 Å². The van der Waals surface area contributed by atoms with Gasteiger partial charge < -0.3 is 4.74 Å². The number of carbonyl (C=O) groups excluding carboxylic acids is 2. The van der Waals surface area contributed by atoms with Crippen LogP contribution in [-0.4, -0.2) is 53.7 Å². The van der Waals surface area contributed by atoms with E-state index in [1.807, 2.05) is 56.3 Å². The van der Waals surface area contributed by atoms with Crippen LogP contribution in [0.1, 0.15) is 48.9 Å². The Morgan fingerprint density at radius 1 is 1.12 bits per heavy atom. The summed E-state index contributed by atoms with van der Waals surface area (Å²) in [6, 6.07) is 15.6. The van der Waals surface area contributed by atoms with E-state index in [0.717, 1.165) is 22.4 Å². The molecule has 2 aromatic carbocycles. The van der Waals surface area contributed by atoms with Crippen molar-refractivity contribution in [1.82, 2.24) is 9.91 Å². The molecular formula is C26H30ClN3O3. The Labute approximate surface area is 200 Å². The maximum Gasteiger partial charge on any atom is 0.309 e. The molecule has 174 valence electrons. The van der Waals surface area contributed by atoms with Crippen LogP contribution in [0.3, 0.4) is 0 Å². The van der Waals surface area contributed by atoms with E-state index in [0.29, 0.717) is 44.0 Å². The molecule has 1 amide bonds. The van der Waals surface area contributed by atoms with E-state index in [1.165, 1.54) is 0 Å². The summed E-state index contributed by atoms with van der Waals surface area (Å²) < 4.78 is 5.15. The SMILES string of the molecule is CCOC(=O)C1CCN(CC(=O)N2N=C(c3cccc(C)c3)C[C@H]2c2ccccc2Cl)CC1. The second-order valence-corrected chi connectivity index (χ2v) is 9.11. The van der Waals surface area contributed by atoms with Gasteiger partial charge in [0.15, 0.2) is 0 Å². The van der Waals surface area contributed by atoms with E-state index in [4.69, 9.17) is 21.4 Å². The number of likely N-dealkylation sites (tertiary alicyclic amines) is 1. The molecule has 0 unspecified atom stereocenters. The van der Waals surface area contributed by atoms with Gasteiger partial charge in [-0.2, -0.15) is 5.10 Å². The van der Waals surface area contributed by atoms with E-state index in [9.17, 15) is 9.59 Å². The number of nitrogens with zero attached hydrogens (tertiary/aromatic N) is 3. The lowest BCUT2D eigenvalue weighted by Crippen LogP contribution is -2.43. The van der Waals surface area contributed by atoms with Gasteiger partial charge in [-0.05, 0) is 57.0 Å². The van der Waals surface area contributed by atoms with Crippen molar-refractivity contribution < 1.29 is 14.3 Å². The summed E-state index contributed by atoms with van der Waals surface area (Å²) in [4.78, 5) is 27.5. The van der Waals surface area contributed by atoms with Gasteiger partial charge in [0.25, 0.3) is 5.91 Å². The summed E-state index contributed by atoms with van der Waals surface area (Å²) in [5, 5.41) is 7.02. The Bertz CT molecular complexity index is 1050. The quantitative estimate of drug-likeness (QED) is 0.582. The van der Waals surface area contributed by atoms with Gasteiger partial charge in [-0.15, -0.1) is 0 Å². The van der Waals surface area contributed by atoms with Gasteiger partial charge >= 0.3 is 5.97 Å². The first-order chi connectivity index (χ1) is 16.0. The summed E-state index contributed by atoms with van der Waals surface area (Å²) >= 11 is 6.51. The van der Waals surface area contributed by atoms with Crippen molar-refractivity contribution in [3.63, 3.8) is 0 Å². The van der Waals surface area contributed by atoms with Gasteiger partial charge in [0.05, 0.1) is 30.8 Å². The monoisotopic (exact) mass is 467 g/mol. The number of rotatable bonds is 6. The Balaban J connectivity index is 1.50. The van der Waals surface area contributed by atoms with Crippen molar-refractivity contribution in [3.8, 4) is 0 Å². The molecule has 6 nitrogen and oxygen atoms in total. The van der Waals surface area contributed by atoms with E-state index >= 15 is 0 Å². The number of hydrazone groups is 1. The van der Waals surface area contributed by atoms with Crippen molar-refractivity contribution >= 4 is 29.2 Å². The summed E-state index contributed by atoms with van der Waals surface area (Å²) in [7, 11) is 0. The highest BCUT2D eigenvalue weighted by atomic mass is 35.5. The first-order valence-corrected chi connectivity index (χ1v) is 11.9. The summed E-state index contributed by atoms with van der Waals surface area (Å²) in [5.41, 5.74) is 3.97. The average Bonchev–Trinajstić information content (AvgIpc) is 3.25. The third-order valence-electron chi connectivity index (χ3n) is 6.35. The fourth-order valence-corrected chi connectivity index (χ4v) is 4.84. The number of halogens is 1. The molecule has 2 aliphatic rings. The molecule has 2 aliphatic heterocycles. The minimum Gasteiger partial charge on any atom is -0.466 e. The number of benzene rings is 2. The second kappa shape index (κ2) is 10.5. The lowest BCUT2D eigenvalue weighted by atomic mass is 9.96. The maximum absolute atomic E-state index is 13.4. The van der Waals surface area contributed by atoms with E-state index in [-0.39, 0.29) is 30.4 Å². The fraction of sp³-hybridized carbons (Fsp3) is 0.423. The highest BCUT2D eigenvalue weighted by molar-refractivity contribution is 6.31. The molecule has 0 spiro atoms. The van der Waals surface area contributed by atoms with Crippen molar-refractivity contribution in [2.45, 2.75) is 39.2 Å². The number of esters is 1. The summed E-state index contributed by atoms with van der Waals surface area (Å²) in [6.45, 7) is 5.91. The average molecular weight is 468 g/mol. The first kappa shape index (κ1) is 23.5. The molecule has 0 aliphatic carbocycles. The molecule has 0 saturated carbocycles. The third kappa shape index (κ3) is 5.45. The van der Waals surface area contributed by atoms with Gasteiger partial charge in [0.1, 0.15) is 0 Å². The van der Waals surface area contributed by atoms with Gasteiger partial charge in [-0.3, -0.25) is 14.5 Å². The largest absolute Gasteiger partial charge is 0.466 e. The number of piperidine rings is 1. The Morgan fingerprint density at radius 3 is 2.58 bits per heavy atom. The number of hydrogen-bond acceptors (Lipinski definition) is 5. The minimum absolute atomic E-state index is 0.0582. The third-order valence-corrected chi connectivity index (χ3v) is 6.69. The zero-order chi connectivity index (χ0) is 23.4. The molecule has 7 heteroatoms. The van der Waals surface area contributed by atoms with E-state index in [1.54, 1.807) is 5.01 Å². The standard InChI is InChI=1S/C26H30ClN3O3/c1-3-33-26(32)19-11-13-29(14-12-19)17-25(31)30-24(21-9-4-5-10-22(21)27)16-23(28-30)20-8-6-7-18(2)15-20/h4-10,15,19,24H,3,11-14,16-17H2,1-2H3/t24-/m0/s1. The normalized spacial score (nSPS) is 19.4. The molecule has 2 aromatic rings. The van der Waals surface area contributed by atoms with Crippen LogP contribution in [0.15, 0.2) is 53.6 Å². The maximum atomic E-state index is 13.4. The molecule has 0 N–H and O–H groups in total. The Morgan fingerprint density at radius 2 is 1.88 bits per heavy atom. The van der Waals surface area contributed by atoms with Crippen LogP contribution >= 0.6 is 11.6 Å². The molecule has 1 saturated heterocycles. The van der Waals surface area contributed by atoms with Gasteiger partial charge in [0.2, 0.25) is 0 Å². The van der Waals surface area contributed by atoms with Gasteiger partial charge in [-0.25, -0.2) is 5.01 Å². The fourth-order valence-electron chi connectivity index (χ4n) is 4.58. The Hall–Kier alpha value is -2.70. The predicted molar refractivity (Wildman–Crippen MR) is 129 cm³/mol. The molecule has 1 atom stereocenters. The predicted octanol–water partition coefficient (Wildman–Crippen LogP) is 4.60. The van der Waals surface area contributed by atoms with Crippen molar-refractivity contribution in [1.29, 1.82) is 0 Å². The van der Waals surface area contributed by atoms with Crippen LogP contribution in [-0.2, 0) is 14.3 Å². The lowest BCUT2D eigenvalue weighted by molar-refractivity contribution is -0.149. The molecule has 2 heterocycles. The highest BCUT2D eigenvalue weighted by Crippen LogP contribution is 2.36. The van der Waals surface area contributed by atoms with Gasteiger partial charge in [0, 0.05) is 11.4 Å². The summed E-state index contributed by atoms with van der Waals surface area (Å²) in [6.07, 6.45) is 2.03. The number of amides is 1. The summed E-state index contributed by atoms with van der Waals surface area (Å²) in [5.74, 6) is -0.267. The van der Waals surface area contributed by atoms with Crippen molar-refractivity contribution in [2.24, 2.45) is 11.0 Å². The number of aryl methyl sites for hydroxylation is 1. The van der Waals surface area contributed by atoms with Crippen LogP contribution in [0.25, 0.3) is 0 Å². The highest BCUT2D eigenvalue weighted by Gasteiger charge is 2.35. The minimum atomic E-state index is -0.237. The van der Waals surface area contributed by atoms with Crippen LogP contribution < -0.4 is 0 Å². The zero-order valence-electron chi connectivity index (χ0n) is 19.2. The van der Waals surface area contributed by atoms with Crippen LogP contribution in [0.2, 0.25) is 5.02 Å². The smallest absolute Gasteiger partial charge is 0.309 e. The second-order valence-electron chi connectivity index (χ2n) is 8.70. The molecule has 33 heavy (non-hydrogen) atoms. The number of hydrogen-bond donors (Lipinski definition) is 0. The molecule has 0 radical (unpaired) electrons. The van der Waals surface area contributed by atoms with E-state index in [2.05, 4.69) is 11.0 Å². The number of carbonyl (C=O) groups is 2. The number of ether oxygens (including phenoxy) is 1. The van der Waals surface area contributed by atoms with Crippen LogP contribution in [0.4, 0.5) is 0 Å². The van der Waals surface area contributed by atoms with E-state index < -0.39 is 0 Å².